The van der Waals surface area contributed by atoms with Crippen LogP contribution in [-0.2, 0) is 12.0 Å². The number of likely N-dealkylation sites (N-methyl/N-ethyl adjacent to an activating group) is 1. The lowest BCUT2D eigenvalue weighted by molar-refractivity contribution is 0.0732. The summed E-state index contributed by atoms with van der Waals surface area (Å²) in [5.41, 5.74) is 3.20. The molecule has 2 aromatic carbocycles. The number of benzene rings is 2. The number of hydrogen-bond acceptors (Lipinski definition) is 5. The maximum Gasteiger partial charge on any atom is 0.343 e. The normalized spacial score (nSPS) is 15.8. The molecule has 2 heterocycles. The fraction of sp³-hybridized carbons (Fsp3) is 0.385. The van der Waals surface area contributed by atoms with Gasteiger partial charge in [-0.25, -0.2) is 4.79 Å². The molecule has 0 unspecified atom stereocenters. The van der Waals surface area contributed by atoms with E-state index in [1.807, 2.05) is 42.5 Å². The number of halogens is 1. The van der Waals surface area contributed by atoms with Crippen molar-refractivity contribution in [1.82, 2.24) is 14.8 Å². The van der Waals surface area contributed by atoms with Crippen molar-refractivity contribution in [1.29, 1.82) is 0 Å². The molecule has 32 heavy (non-hydrogen) atoms. The predicted octanol–water partition coefficient (Wildman–Crippen LogP) is 5.15. The minimum Gasteiger partial charge on any atom is -0.420 e. The third-order valence-corrected chi connectivity index (χ3v) is 6.36. The molecule has 0 bridgehead atoms. The third-order valence-electron chi connectivity index (χ3n) is 6.04. The van der Waals surface area contributed by atoms with Crippen molar-refractivity contribution in [2.75, 3.05) is 33.2 Å². The van der Waals surface area contributed by atoms with E-state index in [0.717, 1.165) is 37.1 Å². The van der Waals surface area contributed by atoms with Gasteiger partial charge in [0, 0.05) is 49.9 Å². The summed E-state index contributed by atoms with van der Waals surface area (Å²) >= 11 is 6.58. The zero-order valence-electron chi connectivity index (χ0n) is 19.2. The van der Waals surface area contributed by atoms with E-state index in [1.165, 1.54) is 5.56 Å². The highest BCUT2D eigenvalue weighted by atomic mass is 35.5. The second-order valence-corrected chi connectivity index (χ2v) is 9.95. The van der Waals surface area contributed by atoms with E-state index in [0.29, 0.717) is 28.4 Å². The first-order chi connectivity index (χ1) is 15.2. The minimum atomic E-state index is -0.389. The highest BCUT2D eigenvalue weighted by molar-refractivity contribution is 6.35. The van der Waals surface area contributed by atoms with Crippen molar-refractivity contribution in [3.63, 3.8) is 0 Å². The van der Waals surface area contributed by atoms with E-state index in [1.54, 1.807) is 6.20 Å². The molecular weight excluding hydrogens is 422 g/mol. The second kappa shape index (κ2) is 9.18. The van der Waals surface area contributed by atoms with Crippen molar-refractivity contribution in [2.45, 2.75) is 32.7 Å². The van der Waals surface area contributed by atoms with Crippen LogP contribution in [0.1, 0.15) is 42.3 Å². The topological polar surface area (TPSA) is 45.7 Å². The van der Waals surface area contributed by atoms with Gasteiger partial charge in [0.15, 0.2) is 5.75 Å². The monoisotopic (exact) mass is 451 g/mol. The van der Waals surface area contributed by atoms with Crippen molar-refractivity contribution < 1.29 is 9.53 Å². The number of hydrogen-bond donors (Lipinski definition) is 0. The van der Waals surface area contributed by atoms with Gasteiger partial charge in [-0.15, -0.1) is 0 Å². The van der Waals surface area contributed by atoms with Gasteiger partial charge < -0.3 is 9.64 Å². The summed E-state index contributed by atoms with van der Waals surface area (Å²) in [6.07, 6.45) is 1.70. The molecule has 0 N–H and O–H groups in total. The van der Waals surface area contributed by atoms with Gasteiger partial charge in [-0.3, -0.25) is 9.88 Å². The molecule has 1 fully saturated rings. The molecule has 5 nitrogen and oxygen atoms in total. The number of aromatic nitrogens is 1. The molecule has 0 atom stereocenters. The molecule has 0 spiro atoms. The first-order valence-corrected chi connectivity index (χ1v) is 11.4. The molecule has 0 saturated carbocycles. The average molecular weight is 452 g/mol. The lowest BCUT2D eigenvalue weighted by Crippen LogP contribution is -2.43. The van der Waals surface area contributed by atoms with Gasteiger partial charge in [0.1, 0.15) is 5.52 Å². The van der Waals surface area contributed by atoms with Gasteiger partial charge in [0.2, 0.25) is 0 Å². The van der Waals surface area contributed by atoms with Gasteiger partial charge in [-0.2, -0.15) is 0 Å². The summed E-state index contributed by atoms with van der Waals surface area (Å²) in [5.74, 6) is 0.105. The average Bonchev–Trinajstić information content (AvgIpc) is 2.77. The smallest absolute Gasteiger partial charge is 0.343 e. The standard InChI is InChI=1S/C26H30ClN3O2/c1-26(2,3)20-9-7-18(8-10-20)25(31)32-24-19(17-30-14-12-29(4)13-15-30)16-22(27)21-6-5-11-28-23(21)24/h5-11,16H,12-15,17H2,1-4H3. The zero-order chi connectivity index (χ0) is 22.9. The highest BCUT2D eigenvalue weighted by Gasteiger charge is 2.22. The number of pyridine rings is 1. The Morgan fingerprint density at radius 3 is 2.44 bits per heavy atom. The molecule has 0 aliphatic carbocycles. The van der Waals surface area contributed by atoms with Crippen LogP contribution in [0.4, 0.5) is 0 Å². The molecule has 0 amide bonds. The van der Waals surface area contributed by atoms with Gasteiger partial charge in [0.05, 0.1) is 10.6 Å². The Bertz CT molecular complexity index is 1110. The summed E-state index contributed by atoms with van der Waals surface area (Å²) in [4.78, 5) is 22.3. The number of fused-ring (bicyclic) bond motifs is 1. The van der Waals surface area contributed by atoms with Crippen LogP contribution in [0.5, 0.6) is 5.75 Å². The van der Waals surface area contributed by atoms with E-state index in [4.69, 9.17) is 16.3 Å². The molecule has 4 rings (SSSR count). The second-order valence-electron chi connectivity index (χ2n) is 9.54. The number of piperazine rings is 1. The molecule has 1 saturated heterocycles. The number of nitrogens with zero attached hydrogens (tertiary/aromatic N) is 3. The van der Waals surface area contributed by atoms with Crippen molar-refractivity contribution in [3.8, 4) is 5.75 Å². The van der Waals surface area contributed by atoms with E-state index in [9.17, 15) is 4.79 Å². The number of carbonyl (C=O) groups excluding carboxylic acids is 1. The first kappa shape index (κ1) is 22.7. The lowest BCUT2D eigenvalue weighted by Gasteiger charge is -2.32. The molecule has 1 aromatic heterocycles. The molecule has 1 aliphatic heterocycles. The van der Waals surface area contributed by atoms with Crippen LogP contribution in [0.15, 0.2) is 48.7 Å². The molecule has 3 aromatic rings. The summed E-state index contributed by atoms with van der Waals surface area (Å²) in [5, 5.41) is 1.40. The number of carbonyl (C=O) groups is 1. The van der Waals surface area contributed by atoms with Crippen LogP contribution >= 0.6 is 11.6 Å². The predicted molar refractivity (Wildman–Crippen MR) is 130 cm³/mol. The van der Waals surface area contributed by atoms with Crippen LogP contribution in [0.3, 0.4) is 0 Å². The number of ether oxygens (including phenoxy) is 1. The molecular formula is C26H30ClN3O2. The molecule has 6 heteroatoms. The largest absolute Gasteiger partial charge is 0.420 e. The van der Waals surface area contributed by atoms with E-state index >= 15 is 0 Å². The zero-order valence-corrected chi connectivity index (χ0v) is 19.9. The highest BCUT2D eigenvalue weighted by Crippen LogP contribution is 2.35. The summed E-state index contributed by atoms with van der Waals surface area (Å²) in [6.45, 7) is 11.0. The third kappa shape index (κ3) is 4.96. The molecule has 1 aliphatic rings. The summed E-state index contributed by atoms with van der Waals surface area (Å²) in [6, 6.07) is 13.3. The fourth-order valence-corrected chi connectivity index (χ4v) is 4.25. The Labute approximate surface area is 194 Å². The SMILES string of the molecule is CN1CCN(Cc2cc(Cl)c3cccnc3c2OC(=O)c2ccc(C(C)(C)C)cc2)CC1. The molecule has 168 valence electrons. The molecule has 0 radical (unpaired) electrons. The Morgan fingerprint density at radius 1 is 1.09 bits per heavy atom. The van der Waals surface area contributed by atoms with Crippen molar-refractivity contribution >= 4 is 28.5 Å². The van der Waals surface area contributed by atoms with Crippen LogP contribution in [0.25, 0.3) is 10.9 Å². The van der Waals surface area contributed by atoms with Crippen molar-refractivity contribution in [3.05, 3.63) is 70.4 Å². The number of rotatable bonds is 4. The van der Waals surface area contributed by atoms with Gasteiger partial charge in [0.25, 0.3) is 0 Å². The first-order valence-electron chi connectivity index (χ1n) is 11.0. The Hall–Kier alpha value is -2.47. The maximum atomic E-state index is 13.1. The van der Waals surface area contributed by atoms with E-state index in [2.05, 4.69) is 42.6 Å². The summed E-state index contributed by atoms with van der Waals surface area (Å²) in [7, 11) is 2.13. The van der Waals surface area contributed by atoms with Gasteiger partial charge in [-0.05, 0) is 48.4 Å². The summed E-state index contributed by atoms with van der Waals surface area (Å²) < 4.78 is 5.99. The van der Waals surface area contributed by atoms with Crippen LogP contribution in [0.2, 0.25) is 5.02 Å². The van der Waals surface area contributed by atoms with E-state index < -0.39 is 0 Å². The van der Waals surface area contributed by atoms with Gasteiger partial charge in [-0.1, -0.05) is 44.5 Å². The minimum absolute atomic E-state index is 0.0222. The van der Waals surface area contributed by atoms with Gasteiger partial charge >= 0.3 is 5.97 Å². The van der Waals surface area contributed by atoms with Crippen LogP contribution < -0.4 is 4.74 Å². The number of esters is 1. The Balaban J connectivity index is 1.66. The fourth-order valence-electron chi connectivity index (χ4n) is 3.96. The van der Waals surface area contributed by atoms with Crippen LogP contribution in [-0.4, -0.2) is 54.0 Å². The Morgan fingerprint density at radius 2 is 1.78 bits per heavy atom. The van der Waals surface area contributed by atoms with Crippen LogP contribution in [0, 0.1) is 0 Å². The Kier molecular flexibility index (Phi) is 6.52. The maximum absolute atomic E-state index is 13.1. The lowest BCUT2D eigenvalue weighted by atomic mass is 9.87. The van der Waals surface area contributed by atoms with E-state index in [-0.39, 0.29) is 11.4 Å². The quantitative estimate of drug-likeness (QED) is 0.405. The van der Waals surface area contributed by atoms with Crippen molar-refractivity contribution in [2.24, 2.45) is 0 Å².